The normalized spacial score (nSPS) is 14.3. The third-order valence-electron chi connectivity index (χ3n) is 2.91. The Bertz CT molecular complexity index is 564. The van der Waals surface area contributed by atoms with E-state index in [9.17, 15) is 0 Å². The summed E-state index contributed by atoms with van der Waals surface area (Å²) in [6, 6.07) is 0. The first-order valence-corrected chi connectivity index (χ1v) is 6.73. The van der Waals surface area contributed by atoms with Gasteiger partial charge in [-0.3, -0.25) is 0 Å². The second-order valence-electron chi connectivity index (χ2n) is 4.13. The number of nitrogens with one attached hydrogen (secondary N) is 1. The van der Waals surface area contributed by atoms with Crippen molar-refractivity contribution < 1.29 is 4.74 Å². The molecule has 3 rings (SSSR count). The molecule has 1 aliphatic heterocycles. The van der Waals surface area contributed by atoms with Crippen LogP contribution in [-0.2, 0) is 17.8 Å². The molecule has 0 spiro atoms. The van der Waals surface area contributed by atoms with Gasteiger partial charge >= 0.3 is 0 Å². The molecule has 5 nitrogen and oxygen atoms in total. The first-order valence-electron chi connectivity index (χ1n) is 5.85. The van der Waals surface area contributed by atoms with Gasteiger partial charge in [-0.1, -0.05) is 0 Å². The van der Waals surface area contributed by atoms with E-state index in [1.165, 1.54) is 0 Å². The summed E-state index contributed by atoms with van der Waals surface area (Å²) < 4.78 is 5.45. The van der Waals surface area contributed by atoms with Crippen LogP contribution >= 0.6 is 11.3 Å². The molecule has 2 aromatic heterocycles. The summed E-state index contributed by atoms with van der Waals surface area (Å²) in [6.07, 6.45) is 0.836. The number of rotatable bonds is 2. The fraction of sp³-hybridized carbons (Fsp3) is 0.417. The van der Waals surface area contributed by atoms with Gasteiger partial charge in [0.1, 0.15) is 11.5 Å². The molecular formula is C12H14N4OS. The molecule has 0 unspecified atom stereocenters. The van der Waals surface area contributed by atoms with Crippen molar-refractivity contribution in [1.29, 1.82) is 0 Å². The van der Waals surface area contributed by atoms with Crippen LogP contribution < -0.4 is 5.32 Å². The first-order chi connectivity index (χ1) is 8.78. The molecule has 1 aliphatic rings. The van der Waals surface area contributed by atoms with Gasteiger partial charge in [0.15, 0.2) is 5.82 Å². The third-order valence-corrected chi connectivity index (χ3v) is 3.68. The molecule has 94 valence electrons. The van der Waals surface area contributed by atoms with Gasteiger partial charge in [0.2, 0.25) is 0 Å². The average Bonchev–Trinajstić information content (AvgIpc) is 2.84. The molecule has 0 amide bonds. The van der Waals surface area contributed by atoms with Crippen LogP contribution in [0.4, 0.5) is 5.82 Å². The number of aryl methyl sites for hydroxylation is 1. The Labute approximate surface area is 109 Å². The van der Waals surface area contributed by atoms with Crippen LogP contribution in [-0.4, -0.2) is 28.6 Å². The monoisotopic (exact) mass is 262 g/mol. The SMILES string of the molecule is CNc1nc(-c2csc(C)n2)nc2c1COCC2. The van der Waals surface area contributed by atoms with E-state index < -0.39 is 0 Å². The molecule has 2 aromatic rings. The fourth-order valence-corrected chi connectivity index (χ4v) is 2.61. The molecular weight excluding hydrogens is 248 g/mol. The van der Waals surface area contributed by atoms with Gasteiger partial charge in [-0.05, 0) is 6.92 Å². The maximum absolute atomic E-state index is 5.45. The van der Waals surface area contributed by atoms with Gasteiger partial charge in [-0.2, -0.15) is 0 Å². The summed E-state index contributed by atoms with van der Waals surface area (Å²) in [4.78, 5) is 13.6. The zero-order valence-corrected chi connectivity index (χ0v) is 11.2. The van der Waals surface area contributed by atoms with Crippen molar-refractivity contribution in [2.75, 3.05) is 19.0 Å². The van der Waals surface area contributed by atoms with Crippen molar-refractivity contribution in [2.24, 2.45) is 0 Å². The highest BCUT2D eigenvalue weighted by Crippen LogP contribution is 2.26. The predicted octanol–water partition coefficient (Wildman–Crippen LogP) is 2.02. The molecule has 18 heavy (non-hydrogen) atoms. The Hall–Kier alpha value is -1.53. The minimum absolute atomic E-state index is 0.585. The van der Waals surface area contributed by atoms with Crippen LogP contribution in [0.1, 0.15) is 16.3 Å². The quantitative estimate of drug-likeness (QED) is 0.897. The molecule has 1 N–H and O–H groups in total. The summed E-state index contributed by atoms with van der Waals surface area (Å²) in [7, 11) is 1.87. The molecule has 0 aliphatic carbocycles. The van der Waals surface area contributed by atoms with Gasteiger partial charge in [0, 0.05) is 24.4 Å². The third kappa shape index (κ3) is 1.97. The van der Waals surface area contributed by atoms with Crippen molar-refractivity contribution in [3.8, 4) is 11.5 Å². The predicted molar refractivity (Wildman–Crippen MR) is 70.8 cm³/mol. The summed E-state index contributed by atoms with van der Waals surface area (Å²) in [6.45, 7) is 3.30. The van der Waals surface area contributed by atoms with E-state index in [2.05, 4.69) is 20.3 Å². The molecule has 0 fully saturated rings. The van der Waals surface area contributed by atoms with Crippen LogP contribution in [0.3, 0.4) is 0 Å². The van der Waals surface area contributed by atoms with Crippen LogP contribution in [0.5, 0.6) is 0 Å². The summed E-state index contributed by atoms with van der Waals surface area (Å²) in [5.74, 6) is 1.55. The maximum atomic E-state index is 5.45. The standard InChI is InChI=1S/C12H14N4OS/c1-7-14-10(6-18-7)12-15-9-3-4-17-5-8(9)11(13-2)16-12/h6H,3-5H2,1-2H3,(H,13,15,16). The largest absolute Gasteiger partial charge is 0.376 e. The minimum Gasteiger partial charge on any atom is -0.376 e. The van der Waals surface area contributed by atoms with Gasteiger partial charge in [-0.25, -0.2) is 15.0 Å². The smallest absolute Gasteiger partial charge is 0.181 e. The van der Waals surface area contributed by atoms with Gasteiger partial charge in [0.05, 0.1) is 23.9 Å². The molecule has 6 heteroatoms. The number of aromatic nitrogens is 3. The van der Waals surface area contributed by atoms with E-state index in [0.29, 0.717) is 12.4 Å². The second-order valence-corrected chi connectivity index (χ2v) is 5.19. The van der Waals surface area contributed by atoms with Crippen molar-refractivity contribution in [2.45, 2.75) is 20.0 Å². The Morgan fingerprint density at radius 3 is 2.94 bits per heavy atom. The van der Waals surface area contributed by atoms with Crippen LogP contribution in [0.2, 0.25) is 0 Å². The number of hydrogen-bond acceptors (Lipinski definition) is 6. The van der Waals surface area contributed by atoms with Crippen LogP contribution in [0.25, 0.3) is 11.5 Å². The molecule has 0 aromatic carbocycles. The topological polar surface area (TPSA) is 59.9 Å². The molecule has 0 radical (unpaired) electrons. The maximum Gasteiger partial charge on any atom is 0.181 e. The Kier molecular flexibility index (Phi) is 2.97. The van der Waals surface area contributed by atoms with Crippen LogP contribution in [0, 0.1) is 6.92 Å². The number of hydrogen-bond donors (Lipinski definition) is 1. The Morgan fingerprint density at radius 1 is 1.33 bits per heavy atom. The van der Waals surface area contributed by atoms with Gasteiger partial charge < -0.3 is 10.1 Å². The van der Waals surface area contributed by atoms with E-state index in [4.69, 9.17) is 4.74 Å². The number of nitrogens with zero attached hydrogens (tertiary/aromatic N) is 3. The number of thiazole rings is 1. The van der Waals surface area contributed by atoms with Crippen LogP contribution in [0.15, 0.2) is 5.38 Å². The van der Waals surface area contributed by atoms with E-state index >= 15 is 0 Å². The lowest BCUT2D eigenvalue weighted by Gasteiger charge is -2.18. The summed E-state index contributed by atoms with van der Waals surface area (Å²) in [5, 5.41) is 6.14. The zero-order chi connectivity index (χ0) is 12.5. The zero-order valence-electron chi connectivity index (χ0n) is 10.4. The van der Waals surface area contributed by atoms with Crippen molar-refractivity contribution >= 4 is 17.2 Å². The molecule has 3 heterocycles. The average molecular weight is 262 g/mol. The molecule has 0 saturated heterocycles. The lowest BCUT2D eigenvalue weighted by Crippen LogP contribution is -2.16. The van der Waals surface area contributed by atoms with E-state index in [1.54, 1.807) is 11.3 Å². The minimum atomic E-state index is 0.585. The number of fused-ring (bicyclic) bond motifs is 1. The highest BCUT2D eigenvalue weighted by molar-refractivity contribution is 7.09. The highest BCUT2D eigenvalue weighted by Gasteiger charge is 2.18. The summed E-state index contributed by atoms with van der Waals surface area (Å²) in [5.41, 5.74) is 2.99. The van der Waals surface area contributed by atoms with E-state index in [0.717, 1.165) is 40.8 Å². The second kappa shape index (κ2) is 4.62. The molecule has 0 bridgehead atoms. The Balaban J connectivity index is 2.11. The van der Waals surface area contributed by atoms with Crippen molar-refractivity contribution in [3.63, 3.8) is 0 Å². The van der Waals surface area contributed by atoms with Crippen molar-refractivity contribution in [3.05, 3.63) is 21.6 Å². The fourth-order valence-electron chi connectivity index (χ4n) is 2.02. The highest BCUT2D eigenvalue weighted by atomic mass is 32.1. The Morgan fingerprint density at radius 2 is 2.22 bits per heavy atom. The van der Waals surface area contributed by atoms with E-state index in [-0.39, 0.29) is 0 Å². The number of anilines is 1. The molecule has 0 saturated carbocycles. The summed E-state index contributed by atoms with van der Waals surface area (Å²) >= 11 is 1.61. The van der Waals surface area contributed by atoms with E-state index in [1.807, 2.05) is 19.4 Å². The molecule has 0 atom stereocenters. The number of ether oxygens (including phenoxy) is 1. The lowest BCUT2D eigenvalue weighted by atomic mass is 10.1. The van der Waals surface area contributed by atoms with Gasteiger partial charge in [0.25, 0.3) is 0 Å². The van der Waals surface area contributed by atoms with Gasteiger partial charge in [-0.15, -0.1) is 11.3 Å². The lowest BCUT2D eigenvalue weighted by molar-refractivity contribution is 0.109. The first kappa shape index (κ1) is 11.6. The van der Waals surface area contributed by atoms with Crippen molar-refractivity contribution in [1.82, 2.24) is 15.0 Å².